The molecule has 0 saturated carbocycles. The molecular formula is C9H17O4P. The lowest BCUT2D eigenvalue weighted by Crippen LogP contribution is -2.29. The predicted molar refractivity (Wildman–Crippen MR) is 55.8 cm³/mol. The molecule has 0 fully saturated rings. The number of hydrogen-bond donors (Lipinski definition) is 2. The zero-order chi connectivity index (χ0) is 11.2. The van der Waals surface area contributed by atoms with E-state index in [9.17, 15) is 4.57 Å². The normalized spacial score (nSPS) is 12.5. The van der Waals surface area contributed by atoms with Crippen LogP contribution in [0.4, 0.5) is 0 Å². The molecule has 0 aliphatic carbocycles. The summed E-state index contributed by atoms with van der Waals surface area (Å²) in [5.41, 5.74) is -0.872. The summed E-state index contributed by atoms with van der Waals surface area (Å²) in [5.74, 6) is 0. The minimum atomic E-state index is -4.46. The Bertz CT molecular complexity index is 233. The zero-order valence-corrected chi connectivity index (χ0v) is 9.24. The van der Waals surface area contributed by atoms with Crippen LogP contribution in [0.5, 0.6) is 0 Å². The summed E-state index contributed by atoms with van der Waals surface area (Å²) in [4.78, 5) is 17.5. The molecule has 14 heavy (non-hydrogen) atoms. The average molecular weight is 220 g/mol. The van der Waals surface area contributed by atoms with Gasteiger partial charge in [-0.3, -0.25) is 4.52 Å². The molecule has 0 radical (unpaired) electrons. The minimum Gasteiger partial charge on any atom is -0.303 e. The van der Waals surface area contributed by atoms with Crippen LogP contribution in [0.25, 0.3) is 0 Å². The quantitative estimate of drug-likeness (QED) is 0.510. The summed E-state index contributed by atoms with van der Waals surface area (Å²) >= 11 is 0. The van der Waals surface area contributed by atoms with E-state index in [2.05, 4.69) is 13.2 Å². The van der Waals surface area contributed by atoms with Gasteiger partial charge in [-0.1, -0.05) is 19.1 Å². The lowest BCUT2D eigenvalue weighted by molar-refractivity contribution is 0.0350. The van der Waals surface area contributed by atoms with Crippen molar-refractivity contribution >= 4 is 7.82 Å². The molecule has 0 amide bonds. The molecule has 0 aromatic rings. The van der Waals surface area contributed by atoms with Gasteiger partial charge in [0.05, 0.1) is 5.60 Å². The van der Waals surface area contributed by atoms with Gasteiger partial charge in [0.1, 0.15) is 0 Å². The zero-order valence-electron chi connectivity index (χ0n) is 8.35. The van der Waals surface area contributed by atoms with Crippen LogP contribution in [0.15, 0.2) is 25.3 Å². The van der Waals surface area contributed by atoms with Crippen molar-refractivity contribution in [2.45, 2.75) is 31.8 Å². The highest BCUT2D eigenvalue weighted by molar-refractivity contribution is 7.46. The SMILES string of the molecule is C=CCC(CC)(CC=C)OP(=O)(O)O. The third-order valence-electron chi connectivity index (χ3n) is 1.99. The second kappa shape index (κ2) is 5.47. The summed E-state index contributed by atoms with van der Waals surface area (Å²) in [6, 6.07) is 0. The molecule has 2 N–H and O–H groups in total. The molecule has 0 saturated heterocycles. The van der Waals surface area contributed by atoms with Crippen molar-refractivity contribution in [1.82, 2.24) is 0 Å². The summed E-state index contributed by atoms with van der Waals surface area (Å²) in [6.45, 7) is 8.89. The molecule has 0 rings (SSSR count). The predicted octanol–water partition coefficient (Wildman–Crippen LogP) is 2.40. The van der Waals surface area contributed by atoms with Crippen molar-refractivity contribution in [2.75, 3.05) is 0 Å². The fourth-order valence-corrected chi connectivity index (χ4v) is 2.07. The first kappa shape index (κ1) is 13.6. The second-order valence-electron chi connectivity index (χ2n) is 3.10. The van der Waals surface area contributed by atoms with E-state index in [1.807, 2.05) is 6.92 Å². The van der Waals surface area contributed by atoms with E-state index in [1.54, 1.807) is 12.2 Å². The molecule has 0 atom stereocenters. The summed E-state index contributed by atoms with van der Waals surface area (Å²) in [7, 11) is -4.46. The molecule has 82 valence electrons. The Morgan fingerprint density at radius 3 is 2.00 bits per heavy atom. The fraction of sp³-hybridized carbons (Fsp3) is 0.556. The van der Waals surface area contributed by atoms with Crippen LogP contribution in [-0.4, -0.2) is 15.4 Å². The van der Waals surface area contributed by atoms with Gasteiger partial charge in [0, 0.05) is 0 Å². The largest absolute Gasteiger partial charge is 0.470 e. The van der Waals surface area contributed by atoms with E-state index in [-0.39, 0.29) is 0 Å². The van der Waals surface area contributed by atoms with Gasteiger partial charge < -0.3 is 9.79 Å². The van der Waals surface area contributed by atoms with E-state index >= 15 is 0 Å². The average Bonchev–Trinajstić information content (AvgIpc) is 2.02. The summed E-state index contributed by atoms with van der Waals surface area (Å²) in [6.07, 6.45) is 4.45. The van der Waals surface area contributed by atoms with Gasteiger partial charge in [-0.15, -0.1) is 13.2 Å². The van der Waals surface area contributed by atoms with E-state index in [4.69, 9.17) is 14.3 Å². The molecular weight excluding hydrogens is 203 g/mol. The fourth-order valence-electron chi connectivity index (χ4n) is 1.29. The first-order chi connectivity index (χ1) is 6.39. The van der Waals surface area contributed by atoms with Crippen LogP contribution in [-0.2, 0) is 9.09 Å². The molecule has 0 spiro atoms. The van der Waals surface area contributed by atoms with Crippen molar-refractivity contribution in [2.24, 2.45) is 0 Å². The Kier molecular flexibility index (Phi) is 5.31. The number of hydrogen-bond acceptors (Lipinski definition) is 2. The lowest BCUT2D eigenvalue weighted by Gasteiger charge is -2.30. The van der Waals surface area contributed by atoms with Crippen LogP contribution in [0.2, 0.25) is 0 Å². The first-order valence-electron chi connectivity index (χ1n) is 4.37. The van der Waals surface area contributed by atoms with Gasteiger partial charge in [0.15, 0.2) is 0 Å². The number of rotatable bonds is 7. The minimum absolute atomic E-state index is 0.390. The summed E-state index contributed by atoms with van der Waals surface area (Å²) < 4.78 is 15.5. The van der Waals surface area contributed by atoms with Gasteiger partial charge in [-0.05, 0) is 19.3 Å². The molecule has 4 nitrogen and oxygen atoms in total. The van der Waals surface area contributed by atoms with Crippen molar-refractivity contribution in [1.29, 1.82) is 0 Å². The number of phosphoric acid groups is 1. The second-order valence-corrected chi connectivity index (χ2v) is 4.27. The van der Waals surface area contributed by atoms with Crippen LogP contribution in [0, 0.1) is 0 Å². The Morgan fingerprint density at radius 1 is 1.36 bits per heavy atom. The Morgan fingerprint density at radius 2 is 1.79 bits per heavy atom. The van der Waals surface area contributed by atoms with Gasteiger partial charge in [0.25, 0.3) is 0 Å². The standard InChI is InChI=1S/C9H17O4P/c1-4-7-9(6-3,8-5-2)13-14(10,11)12/h4-5H,1-2,6-8H2,3H3,(H2,10,11,12). The molecule has 0 aromatic heterocycles. The first-order valence-corrected chi connectivity index (χ1v) is 5.90. The number of phosphoric ester groups is 1. The highest BCUT2D eigenvalue weighted by atomic mass is 31.2. The van der Waals surface area contributed by atoms with Crippen molar-refractivity contribution < 1.29 is 18.9 Å². The van der Waals surface area contributed by atoms with Crippen LogP contribution >= 0.6 is 7.82 Å². The van der Waals surface area contributed by atoms with Gasteiger partial charge in [-0.25, -0.2) is 4.57 Å². The topological polar surface area (TPSA) is 66.8 Å². The van der Waals surface area contributed by atoms with Crippen molar-refractivity contribution in [3.63, 3.8) is 0 Å². The van der Waals surface area contributed by atoms with Crippen molar-refractivity contribution in [3.8, 4) is 0 Å². The van der Waals surface area contributed by atoms with Crippen LogP contribution in [0.3, 0.4) is 0 Å². The Hall–Kier alpha value is -0.410. The smallest absolute Gasteiger partial charge is 0.303 e. The highest BCUT2D eigenvalue weighted by Crippen LogP contribution is 2.45. The monoisotopic (exact) mass is 220 g/mol. The van der Waals surface area contributed by atoms with Crippen molar-refractivity contribution in [3.05, 3.63) is 25.3 Å². The molecule has 0 unspecified atom stereocenters. The van der Waals surface area contributed by atoms with Crippen LogP contribution in [0.1, 0.15) is 26.2 Å². The highest BCUT2D eigenvalue weighted by Gasteiger charge is 2.34. The van der Waals surface area contributed by atoms with Gasteiger partial charge in [-0.2, -0.15) is 0 Å². The van der Waals surface area contributed by atoms with E-state index < -0.39 is 13.4 Å². The van der Waals surface area contributed by atoms with Gasteiger partial charge >= 0.3 is 7.82 Å². The molecule has 0 heterocycles. The molecule has 0 bridgehead atoms. The van der Waals surface area contributed by atoms with Gasteiger partial charge in [0.2, 0.25) is 0 Å². The van der Waals surface area contributed by atoms with E-state index in [0.29, 0.717) is 19.3 Å². The Balaban J connectivity index is 4.73. The maximum atomic E-state index is 10.8. The Labute approximate surface area is 84.5 Å². The molecule has 0 aliphatic rings. The molecule has 5 heteroatoms. The lowest BCUT2D eigenvalue weighted by atomic mass is 9.93. The van der Waals surface area contributed by atoms with E-state index in [1.165, 1.54) is 0 Å². The molecule has 0 aromatic carbocycles. The summed E-state index contributed by atoms with van der Waals surface area (Å²) in [5, 5.41) is 0. The maximum absolute atomic E-state index is 10.8. The third-order valence-corrected chi connectivity index (χ3v) is 2.61. The van der Waals surface area contributed by atoms with E-state index in [0.717, 1.165) is 0 Å². The molecule has 0 aliphatic heterocycles. The van der Waals surface area contributed by atoms with Crippen LogP contribution < -0.4 is 0 Å². The third kappa shape index (κ3) is 4.72. The maximum Gasteiger partial charge on any atom is 0.470 e.